The second-order valence-electron chi connectivity index (χ2n) is 5.24. The second kappa shape index (κ2) is 4.63. The highest BCUT2D eigenvalue weighted by atomic mass is 19.1. The van der Waals surface area contributed by atoms with Crippen molar-refractivity contribution in [3.63, 3.8) is 0 Å². The number of nitrogens with two attached hydrogens (primary N) is 1. The van der Waals surface area contributed by atoms with Gasteiger partial charge in [-0.1, -0.05) is 12.1 Å². The van der Waals surface area contributed by atoms with Gasteiger partial charge in [0.25, 0.3) is 0 Å². The van der Waals surface area contributed by atoms with Crippen molar-refractivity contribution in [3.8, 4) is 17.2 Å². The highest BCUT2D eigenvalue weighted by Crippen LogP contribution is 2.42. The van der Waals surface area contributed by atoms with Crippen molar-refractivity contribution >= 4 is 0 Å². The number of rotatable bonds is 1. The molecule has 0 amide bonds. The summed E-state index contributed by atoms with van der Waals surface area (Å²) < 4.78 is 30.0. The van der Waals surface area contributed by atoms with Crippen LogP contribution < -0.4 is 19.9 Å². The Labute approximate surface area is 121 Å². The van der Waals surface area contributed by atoms with Gasteiger partial charge in [0.15, 0.2) is 11.5 Å². The van der Waals surface area contributed by atoms with Crippen LogP contribution in [0.2, 0.25) is 0 Å². The SMILES string of the molecule is N[C@@H]1CC(c2ccc3c(c2)OCO3)Oc2cc(F)ccc21. The smallest absolute Gasteiger partial charge is 0.231 e. The minimum absolute atomic E-state index is 0.176. The zero-order valence-corrected chi connectivity index (χ0v) is 11.2. The topological polar surface area (TPSA) is 53.7 Å². The molecule has 0 fully saturated rings. The lowest BCUT2D eigenvalue weighted by Gasteiger charge is -2.30. The molecule has 21 heavy (non-hydrogen) atoms. The Kier molecular flexibility index (Phi) is 2.75. The van der Waals surface area contributed by atoms with Crippen LogP contribution in [-0.2, 0) is 0 Å². The molecular formula is C16H14FNO3. The Balaban J connectivity index is 1.68. The van der Waals surface area contributed by atoms with E-state index >= 15 is 0 Å². The number of halogens is 1. The first-order valence-corrected chi connectivity index (χ1v) is 6.82. The maximum Gasteiger partial charge on any atom is 0.231 e. The molecule has 2 heterocycles. The molecule has 4 nitrogen and oxygen atoms in total. The molecule has 4 rings (SSSR count). The Hall–Kier alpha value is -2.27. The van der Waals surface area contributed by atoms with Gasteiger partial charge in [-0.15, -0.1) is 0 Å². The van der Waals surface area contributed by atoms with E-state index in [2.05, 4.69) is 0 Å². The number of hydrogen-bond acceptors (Lipinski definition) is 4. The second-order valence-corrected chi connectivity index (χ2v) is 5.24. The van der Waals surface area contributed by atoms with Gasteiger partial charge in [0.2, 0.25) is 6.79 Å². The van der Waals surface area contributed by atoms with Gasteiger partial charge < -0.3 is 19.9 Å². The molecule has 108 valence electrons. The Morgan fingerprint density at radius 3 is 2.76 bits per heavy atom. The molecule has 0 aromatic heterocycles. The number of hydrogen-bond donors (Lipinski definition) is 1. The summed E-state index contributed by atoms with van der Waals surface area (Å²) in [5.41, 5.74) is 7.97. The average molecular weight is 287 g/mol. The molecule has 0 aliphatic carbocycles. The first-order chi connectivity index (χ1) is 10.2. The highest BCUT2D eigenvalue weighted by molar-refractivity contribution is 5.46. The van der Waals surface area contributed by atoms with E-state index in [0.717, 1.165) is 16.9 Å². The van der Waals surface area contributed by atoms with Crippen LogP contribution in [0, 0.1) is 5.82 Å². The van der Waals surface area contributed by atoms with Gasteiger partial charge in [-0.3, -0.25) is 0 Å². The summed E-state index contributed by atoms with van der Waals surface area (Å²) in [7, 11) is 0. The predicted molar refractivity (Wildman–Crippen MR) is 73.9 cm³/mol. The third-order valence-corrected chi connectivity index (χ3v) is 3.88. The molecule has 2 atom stereocenters. The fraction of sp³-hybridized carbons (Fsp3) is 0.250. The third-order valence-electron chi connectivity index (χ3n) is 3.88. The first kappa shape index (κ1) is 12.5. The van der Waals surface area contributed by atoms with Crippen molar-refractivity contribution in [2.75, 3.05) is 6.79 Å². The summed E-state index contributed by atoms with van der Waals surface area (Å²) in [6.45, 7) is 0.234. The molecule has 0 radical (unpaired) electrons. The maximum absolute atomic E-state index is 13.4. The fourth-order valence-corrected chi connectivity index (χ4v) is 2.79. The van der Waals surface area contributed by atoms with Gasteiger partial charge in [0, 0.05) is 24.1 Å². The van der Waals surface area contributed by atoms with E-state index in [9.17, 15) is 4.39 Å². The van der Waals surface area contributed by atoms with Gasteiger partial charge >= 0.3 is 0 Å². The standard InChI is InChI=1S/C16H14FNO3/c17-10-2-3-11-12(18)7-14(21-15(11)6-10)9-1-4-13-16(5-9)20-8-19-13/h1-6,12,14H,7-8,18H2/t12-,14?/m1/s1. The molecule has 2 N–H and O–H groups in total. The summed E-state index contributed by atoms with van der Waals surface area (Å²) in [5, 5.41) is 0. The summed E-state index contributed by atoms with van der Waals surface area (Å²) in [6, 6.07) is 9.97. The van der Waals surface area contributed by atoms with E-state index in [1.807, 2.05) is 18.2 Å². The molecule has 0 saturated heterocycles. The molecule has 0 saturated carbocycles. The zero-order valence-electron chi connectivity index (χ0n) is 11.2. The minimum Gasteiger partial charge on any atom is -0.485 e. The van der Waals surface area contributed by atoms with Crippen LogP contribution in [0.1, 0.15) is 29.7 Å². The normalized spacial score (nSPS) is 22.6. The van der Waals surface area contributed by atoms with E-state index < -0.39 is 0 Å². The lowest BCUT2D eigenvalue weighted by molar-refractivity contribution is 0.159. The minimum atomic E-state index is -0.327. The van der Waals surface area contributed by atoms with E-state index in [0.29, 0.717) is 17.9 Å². The van der Waals surface area contributed by atoms with Crippen LogP contribution >= 0.6 is 0 Å². The predicted octanol–water partition coefficient (Wildman–Crippen LogP) is 3.08. The lowest BCUT2D eigenvalue weighted by Crippen LogP contribution is -2.24. The van der Waals surface area contributed by atoms with Crippen molar-refractivity contribution < 1.29 is 18.6 Å². The summed E-state index contributed by atoms with van der Waals surface area (Å²) in [4.78, 5) is 0. The summed E-state index contributed by atoms with van der Waals surface area (Å²) in [6.07, 6.45) is 0.418. The van der Waals surface area contributed by atoms with Crippen molar-refractivity contribution in [1.29, 1.82) is 0 Å². The molecule has 0 bridgehead atoms. The molecule has 0 spiro atoms. The van der Waals surface area contributed by atoms with E-state index in [4.69, 9.17) is 19.9 Å². The number of ether oxygens (including phenoxy) is 3. The maximum atomic E-state index is 13.4. The van der Waals surface area contributed by atoms with Gasteiger partial charge in [-0.2, -0.15) is 0 Å². The van der Waals surface area contributed by atoms with Crippen molar-refractivity contribution in [2.24, 2.45) is 5.73 Å². The van der Waals surface area contributed by atoms with Crippen molar-refractivity contribution in [2.45, 2.75) is 18.6 Å². The zero-order chi connectivity index (χ0) is 14.4. The van der Waals surface area contributed by atoms with Crippen molar-refractivity contribution in [1.82, 2.24) is 0 Å². The third kappa shape index (κ3) is 2.10. The van der Waals surface area contributed by atoms with Crippen LogP contribution in [0.5, 0.6) is 17.2 Å². The Morgan fingerprint density at radius 2 is 1.86 bits per heavy atom. The first-order valence-electron chi connectivity index (χ1n) is 6.82. The van der Waals surface area contributed by atoms with Crippen LogP contribution in [0.25, 0.3) is 0 Å². The molecule has 2 aromatic rings. The van der Waals surface area contributed by atoms with Crippen LogP contribution in [0.3, 0.4) is 0 Å². The van der Waals surface area contributed by atoms with Crippen molar-refractivity contribution in [3.05, 3.63) is 53.3 Å². The van der Waals surface area contributed by atoms with E-state index in [1.54, 1.807) is 6.07 Å². The number of fused-ring (bicyclic) bond motifs is 2. The monoisotopic (exact) mass is 287 g/mol. The molecule has 2 aliphatic heterocycles. The van der Waals surface area contributed by atoms with Gasteiger partial charge in [-0.05, 0) is 23.8 Å². The van der Waals surface area contributed by atoms with Crippen LogP contribution in [0.4, 0.5) is 4.39 Å². The highest BCUT2D eigenvalue weighted by Gasteiger charge is 2.28. The van der Waals surface area contributed by atoms with Crippen LogP contribution in [0.15, 0.2) is 36.4 Å². The summed E-state index contributed by atoms with van der Waals surface area (Å²) in [5.74, 6) is 1.61. The molecular weight excluding hydrogens is 273 g/mol. The molecule has 2 aliphatic rings. The molecule has 5 heteroatoms. The average Bonchev–Trinajstić information content (AvgIpc) is 2.94. The number of benzene rings is 2. The van der Waals surface area contributed by atoms with Gasteiger partial charge in [0.1, 0.15) is 17.7 Å². The Morgan fingerprint density at radius 1 is 1.00 bits per heavy atom. The quantitative estimate of drug-likeness (QED) is 0.875. The molecule has 1 unspecified atom stereocenters. The summed E-state index contributed by atoms with van der Waals surface area (Å²) >= 11 is 0. The fourth-order valence-electron chi connectivity index (χ4n) is 2.79. The Bertz CT molecular complexity index is 704. The lowest BCUT2D eigenvalue weighted by atomic mass is 9.93. The van der Waals surface area contributed by atoms with E-state index in [-0.39, 0.29) is 24.8 Å². The van der Waals surface area contributed by atoms with Gasteiger partial charge in [0.05, 0.1) is 0 Å². The van der Waals surface area contributed by atoms with E-state index in [1.165, 1.54) is 12.1 Å². The molecule has 2 aromatic carbocycles. The largest absolute Gasteiger partial charge is 0.485 e. The van der Waals surface area contributed by atoms with Crippen LogP contribution in [-0.4, -0.2) is 6.79 Å². The van der Waals surface area contributed by atoms with Gasteiger partial charge in [-0.25, -0.2) is 4.39 Å².